The Balaban J connectivity index is 1.69. The Labute approximate surface area is 194 Å². The molecule has 1 atom stereocenters. The predicted octanol–water partition coefficient (Wildman–Crippen LogP) is 6.89. The van der Waals surface area contributed by atoms with Gasteiger partial charge in [-0.15, -0.1) is 11.8 Å². The van der Waals surface area contributed by atoms with E-state index < -0.39 is 11.1 Å². The van der Waals surface area contributed by atoms with E-state index in [0.29, 0.717) is 22.7 Å². The fraction of sp³-hybridized carbons (Fsp3) is 0.130. The summed E-state index contributed by atoms with van der Waals surface area (Å²) < 4.78 is 13.8. The summed E-state index contributed by atoms with van der Waals surface area (Å²) >= 11 is 13.3. The Kier molecular flexibility index (Phi) is 7.96. The normalized spacial score (nSPS) is 11.6. The van der Waals surface area contributed by atoms with Crippen LogP contribution in [-0.4, -0.2) is 17.1 Å². The van der Waals surface area contributed by atoms with Crippen LogP contribution >= 0.6 is 35.0 Å². The van der Waals surface area contributed by atoms with Gasteiger partial charge >= 0.3 is 0 Å². The van der Waals surface area contributed by atoms with Gasteiger partial charge in [-0.1, -0.05) is 48.3 Å². The van der Waals surface area contributed by atoms with Crippen molar-refractivity contribution in [3.63, 3.8) is 0 Å². The number of nitrogens with one attached hydrogen (secondary N) is 2. The van der Waals surface area contributed by atoms with Gasteiger partial charge in [0.05, 0.1) is 21.5 Å². The number of para-hydroxylation sites is 1. The molecule has 0 saturated heterocycles. The number of thioether (sulfide) groups is 1. The maximum atomic E-state index is 13.8. The van der Waals surface area contributed by atoms with E-state index in [1.54, 1.807) is 42.5 Å². The molecule has 2 amide bonds. The number of halogens is 3. The van der Waals surface area contributed by atoms with Gasteiger partial charge < -0.3 is 10.6 Å². The van der Waals surface area contributed by atoms with Gasteiger partial charge in [0.25, 0.3) is 5.91 Å². The Morgan fingerprint density at radius 3 is 2.48 bits per heavy atom. The van der Waals surface area contributed by atoms with Gasteiger partial charge in [0.15, 0.2) is 0 Å². The molecule has 0 aliphatic carbocycles. The second-order valence-electron chi connectivity index (χ2n) is 6.59. The van der Waals surface area contributed by atoms with E-state index in [9.17, 15) is 14.0 Å². The monoisotopic (exact) mass is 476 g/mol. The lowest BCUT2D eigenvalue weighted by Crippen LogP contribution is -2.25. The third-order valence-corrected chi connectivity index (χ3v) is 6.25. The summed E-state index contributed by atoms with van der Waals surface area (Å²) in [6.07, 6.45) is 0.544. The van der Waals surface area contributed by atoms with Crippen LogP contribution in [0.5, 0.6) is 0 Å². The standard InChI is InChI=1S/C23H19Cl2FN2O2S/c1-2-21(23(30)28-20-9-4-3-8-19(20)26)31-16-7-5-6-15(13-16)27-22(29)17-11-10-14(24)12-18(17)25/h3-13,21H,2H2,1H3,(H,27,29)(H,28,30). The van der Waals surface area contributed by atoms with Crippen LogP contribution in [0.15, 0.2) is 71.6 Å². The van der Waals surface area contributed by atoms with Crippen LogP contribution < -0.4 is 10.6 Å². The average Bonchev–Trinajstić information content (AvgIpc) is 2.73. The number of benzene rings is 3. The van der Waals surface area contributed by atoms with Crippen LogP contribution in [-0.2, 0) is 4.79 Å². The Bertz CT molecular complexity index is 1110. The maximum Gasteiger partial charge on any atom is 0.257 e. The first-order valence-corrected chi connectivity index (χ1v) is 11.1. The molecule has 0 saturated carbocycles. The third kappa shape index (κ3) is 6.23. The minimum absolute atomic E-state index is 0.146. The van der Waals surface area contributed by atoms with Crippen LogP contribution in [0.2, 0.25) is 10.0 Å². The molecule has 3 aromatic rings. The Hall–Kier alpha value is -2.54. The van der Waals surface area contributed by atoms with Crippen molar-refractivity contribution in [3.05, 3.63) is 88.2 Å². The second-order valence-corrected chi connectivity index (χ2v) is 8.71. The van der Waals surface area contributed by atoms with E-state index in [0.717, 1.165) is 4.90 Å². The second kappa shape index (κ2) is 10.7. The molecule has 0 bridgehead atoms. The zero-order valence-electron chi connectivity index (χ0n) is 16.5. The number of anilines is 2. The first kappa shape index (κ1) is 23.1. The molecule has 2 N–H and O–H groups in total. The van der Waals surface area contributed by atoms with E-state index in [4.69, 9.17) is 23.2 Å². The average molecular weight is 477 g/mol. The fourth-order valence-electron chi connectivity index (χ4n) is 2.78. The fourth-order valence-corrected chi connectivity index (χ4v) is 4.29. The lowest BCUT2D eigenvalue weighted by molar-refractivity contribution is -0.115. The molecule has 3 rings (SSSR count). The van der Waals surface area contributed by atoms with E-state index in [1.807, 2.05) is 13.0 Å². The van der Waals surface area contributed by atoms with Crippen LogP contribution in [0.3, 0.4) is 0 Å². The van der Waals surface area contributed by atoms with E-state index in [-0.39, 0.29) is 22.5 Å². The van der Waals surface area contributed by atoms with Crippen molar-refractivity contribution in [2.24, 2.45) is 0 Å². The zero-order valence-corrected chi connectivity index (χ0v) is 18.8. The van der Waals surface area contributed by atoms with Crippen molar-refractivity contribution in [2.75, 3.05) is 10.6 Å². The van der Waals surface area contributed by atoms with Crippen LogP contribution in [0, 0.1) is 5.82 Å². The topological polar surface area (TPSA) is 58.2 Å². The van der Waals surface area contributed by atoms with Gasteiger partial charge in [0.1, 0.15) is 5.82 Å². The van der Waals surface area contributed by atoms with Crippen molar-refractivity contribution >= 4 is 58.2 Å². The lowest BCUT2D eigenvalue weighted by atomic mass is 10.2. The van der Waals surface area contributed by atoms with Gasteiger partial charge in [0, 0.05) is 15.6 Å². The van der Waals surface area contributed by atoms with Crippen molar-refractivity contribution < 1.29 is 14.0 Å². The molecule has 0 heterocycles. The number of hydrogen-bond acceptors (Lipinski definition) is 3. The predicted molar refractivity (Wildman–Crippen MR) is 126 cm³/mol. The smallest absolute Gasteiger partial charge is 0.257 e. The zero-order chi connectivity index (χ0) is 22.4. The van der Waals surface area contributed by atoms with Gasteiger partial charge in [-0.25, -0.2) is 4.39 Å². The SMILES string of the molecule is CCC(Sc1cccc(NC(=O)c2ccc(Cl)cc2Cl)c1)C(=O)Nc1ccccc1F. The molecule has 31 heavy (non-hydrogen) atoms. The van der Waals surface area contributed by atoms with Crippen molar-refractivity contribution in [2.45, 2.75) is 23.5 Å². The van der Waals surface area contributed by atoms with Crippen molar-refractivity contribution in [1.29, 1.82) is 0 Å². The molecular weight excluding hydrogens is 458 g/mol. The molecule has 0 radical (unpaired) electrons. The molecule has 3 aromatic carbocycles. The third-order valence-electron chi connectivity index (χ3n) is 4.34. The number of amides is 2. The summed E-state index contributed by atoms with van der Waals surface area (Å²) in [7, 11) is 0. The Morgan fingerprint density at radius 1 is 1.00 bits per heavy atom. The molecule has 0 spiro atoms. The van der Waals surface area contributed by atoms with Crippen molar-refractivity contribution in [1.82, 2.24) is 0 Å². The van der Waals surface area contributed by atoms with Crippen LogP contribution in [0.1, 0.15) is 23.7 Å². The van der Waals surface area contributed by atoms with Gasteiger partial charge in [-0.2, -0.15) is 0 Å². The van der Waals surface area contributed by atoms with Gasteiger partial charge in [0.2, 0.25) is 5.91 Å². The van der Waals surface area contributed by atoms with E-state index >= 15 is 0 Å². The van der Waals surface area contributed by atoms with Gasteiger partial charge in [-0.05, 0) is 55.0 Å². The summed E-state index contributed by atoms with van der Waals surface area (Å²) in [6.45, 7) is 1.88. The molecule has 0 aromatic heterocycles. The summed E-state index contributed by atoms with van der Waals surface area (Å²) in [4.78, 5) is 25.9. The molecule has 0 aliphatic rings. The summed E-state index contributed by atoms with van der Waals surface area (Å²) in [5.74, 6) is -1.14. The van der Waals surface area contributed by atoms with Gasteiger partial charge in [-0.3, -0.25) is 9.59 Å². The maximum absolute atomic E-state index is 13.8. The number of carbonyl (C=O) groups is 2. The molecule has 8 heteroatoms. The highest BCUT2D eigenvalue weighted by atomic mass is 35.5. The van der Waals surface area contributed by atoms with E-state index in [1.165, 1.54) is 30.0 Å². The minimum Gasteiger partial charge on any atom is -0.323 e. The molecule has 0 aliphatic heterocycles. The summed E-state index contributed by atoms with van der Waals surface area (Å²) in [5.41, 5.74) is 1.01. The summed E-state index contributed by atoms with van der Waals surface area (Å²) in [5, 5.41) is 5.69. The highest BCUT2D eigenvalue weighted by Crippen LogP contribution is 2.29. The molecule has 1 unspecified atom stereocenters. The highest BCUT2D eigenvalue weighted by Gasteiger charge is 2.19. The Morgan fingerprint density at radius 2 is 1.77 bits per heavy atom. The lowest BCUT2D eigenvalue weighted by Gasteiger charge is -2.16. The molecule has 4 nitrogen and oxygen atoms in total. The minimum atomic E-state index is -0.485. The molecular formula is C23H19Cl2FN2O2S. The van der Waals surface area contributed by atoms with E-state index in [2.05, 4.69) is 10.6 Å². The molecule has 0 fully saturated rings. The number of hydrogen-bond donors (Lipinski definition) is 2. The van der Waals surface area contributed by atoms with Crippen LogP contribution in [0.4, 0.5) is 15.8 Å². The first-order valence-electron chi connectivity index (χ1n) is 9.46. The quantitative estimate of drug-likeness (QED) is 0.364. The molecule has 160 valence electrons. The largest absolute Gasteiger partial charge is 0.323 e. The summed E-state index contributed by atoms with van der Waals surface area (Å²) in [6, 6.07) is 17.8. The number of rotatable bonds is 7. The highest BCUT2D eigenvalue weighted by molar-refractivity contribution is 8.00. The number of carbonyl (C=O) groups excluding carboxylic acids is 2. The van der Waals surface area contributed by atoms with Crippen molar-refractivity contribution in [3.8, 4) is 0 Å². The van der Waals surface area contributed by atoms with Crippen LogP contribution in [0.25, 0.3) is 0 Å². The first-order chi connectivity index (χ1) is 14.9.